The Morgan fingerprint density at radius 2 is 1.67 bits per heavy atom. The first-order valence-corrected chi connectivity index (χ1v) is 11.5. The van der Waals surface area contributed by atoms with Gasteiger partial charge in [0.15, 0.2) is 0 Å². The number of nitrogens with zero attached hydrogens (tertiary/aromatic N) is 1. The smallest absolute Gasteiger partial charge is 0.407 e. The molecule has 2 N–H and O–H groups in total. The fraction of sp³-hybridized carbons (Fsp3) is 0.423. The molecule has 0 aromatic heterocycles. The molecule has 1 unspecified atom stereocenters. The Labute approximate surface area is 193 Å². The molecule has 0 spiro atoms. The van der Waals surface area contributed by atoms with Crippen molar-refractivity contribution in [1.82, 2.24) is 10.2 Å². The van der Waals surface area contributed by atoms with Gasteiger partial charge in [0.1, 0.15) is 6.61 Å². The molecule has 1 aliphatic carbocycles. The van der Waals surface area contributed by atoms with Gasteiger partial charge in [-0.05, 0) is 34.6 Å². The Morgan fingerprint density at radius 1 is 1.06 bits per heavy atom. The highest BCUT2D eigenvalue weighted by Gasteiger charge is 2.32. The summed E-state index contributed by atoms with van der Waals surface area (Å²) in [4.78, 5) is 36.9. The van der Waals surface area contributed by atoms with Crippen LogP contribution in [0.4, 0.5) is 4.79 Å². The van der Waals surface area contributed by atoms with E-state index in [4.69, 9.17) is 9.84 Å². The predicted octanol–water partition coefficient (Wildman–Crippen LogP) is 3.87. The minimum Gasteiger partial charge on any atom is -0.481 e. The lowest BCUT2D eigenvalue weighted by Crippen LogP contribution is -2.50. The second kappa shape index (κ2) is 10.1. The molecule has 1 atom stereocenters. The van der Waals surface area contributed by atoms with Gasteiger partial charge in [-0.1, -0.05) is 55.5 Å². The quantitative estimate of drug-likeness (QED) is 0.605. The molecule has 0 bridgehead atoms. The topological polar surface area (TPSA) is 95.9 Å². The van der Waals surface area contributed by atoms with Crippen molar-refractivity contribution in [2.24, 2.45) is 11.8 Å². The van der Waals surface area contributed by atoms with Gasteiger partial charge in [-0.25, -0.2) is 4.79 Å². The van der Waals surface area contributed by atoms with E-state index < -0.39 is 12.1 Å². The normalized spacial score (nSPS) is 15.8. The van der Waals surface area contributed by atoms with Crippen molar-refractivity contribution < 1.29 is 24.2 Å². The van der Waals surface area contributed by atoms with Crippen molar-refractivity contribution in [3.05, 3.63) is 59.7 Å². The molecule has 7 heteroatoms. The second-order valence-corrected chi connectivity index (χ2v) is 9.11. The predicted molar refractivity (Wildman–Crippen MR) is 124 cm³/mol. The SMILES string of the molecule is CC(CCC(=O)N1CC(CC(=O)O)C1)CNC(=O)OCC1c2ccccc2-c2ccccc21. The molecule has 1 saturated heterocycles. The van der Waals surface area contributed by atoms with Crippen molar-refractivity contribution >= 4 is 18.0 Å². The second-order valence-electron chi connectivity index (χ2n) is 9.11. The van der Waals surface area contributed by atoms with Crippen LogP contribution < -0.4 is 5.32 Å². The van der Waals surface area contributed by atoms with Crippen LogP contribution in [0.2, 0.25) is 0 Å². The molecule has 2 amide bonds. The van der Waals surface area contributed by atoms with Crippen LogP contribution in [0, 0.1) is 11.8 Å². The van der Waals surface area contributed by atoms with Gasteiger partial charge >= 0.3 is 12.1 Å². The summed E-state index contributed by atoms with van der Waals surface area (Å²) >= 11 is 0. The number of carboxylic acids is 1. The number of hydrogen-bond donors (Lipinski definition) is 2. The molecule has 4 rings (SSSR count). The van der Waals surface area contributed by atoms with E-state index in [0.29, 0.717) is 32.5 Å². The van der Waals surface area contributed by atoms with E-state index in [1.807, 2.05) is 31.2 Å². The third-order valence-corrected chi connectivity index (χ3v) is 6.56. The molecule has 2 aliphatic rings. The Bertz CT molecular complexity index is 985. The van der Waals surface area contributed by atoms with Crippen LogP contribution in [0.25, 0.3) is 11.1 Å². The largest absolute Gasteiger partial charge is 0.481 e. The summed E-state index contributed by atoms with van der Waals surface area (Å²) in [5.41, 5.74) is 4.73. The third kappa shape index (κ3) is 5.35. The molecule has 1 aliphatic heterocycles. The van der Waals surface area contributed by atoms with Crippen LogP contribution in [0.5, 0.6) is 0 Å². The maximum absolute atomic E-state index is 12.3. The standard InChI is InChI=1S/C26H30N2O5/c1-17(10-11-24(29)28-14-18(15-28)12-25(30)31)13-27-26(32)33-16-23-21-8-4-2-6-19(21)20-7-3-5-9-22(20)23/h2-9,17-18,23H,10-16H2,1H3,(H,27,32)(H,30,31). The Hall–Kier alpha value is -3.35. The zero-order valence-corrected chi connectivity index (χ0v) is 18.8. The highest BCUT2D eigenvalue weighted by molar-refractivity contribution is 5.79. The lowest BCUT2D eigenvalue weighted by atomic mass is 9.95. The molecule has 7 nitrogen and oxygen atoms in total. The lowest BCUT2D eigenvalue weighted by molar-refractivity contribution is -0.145. The number of benzene rings is 2. The summed E-state index contributed by atoms with van der Waals surface area (Å²) in [6.45, 7) is 3.75. The van der Waals surface area contributed by atoms with E-state index >= 15 is 0 Å². The molecule has 2 aromatic carbocycles. The number of alkyl carbamates (subject to hydrolysis) is 1. The number of carboxylic acid groups (broad SMARTS) is 1. The van der Waals surface area contributed by atoms with E-state index in [2.05, 4.69) is 29.6 Å². The molecule has 0 saturated carbocycles. The number of carbonyl (C=O) groups excluding carboxylic acids is 2. The molecule has 1 heterocycles. The molecule has 33 heavy (non-hydrogen) atoms. The van der Waals surface area contributed by atoms with Gasteiger partial charge in [0.25, 0.3) is 0 Å². The van der Waals surface area contributed by atoms with Crippen LogP contribution in [0.3, 0.4) is 0 Å². The number of ether oxygens (including phenoxy) is 1. The minimum absolute atomic E-state index is 0.0275. The van der Waals surface area contributed by atoms with Gasteiger partial charge in [-0.3, -0.25) is 9.59 Å². The van der Waals surface area contributed by atoms with Gasteiger partial charge in [0, 0.05) is 37.9 Å². The molecular weight excluding hydrogens is 420 g/mol. The van der Waals surface area contributed by atoms with Crippen molar-refractivity contribution in [1.29, 1.82) is 0 Å². The first-order chi connectivity index (χ1) is 15.9. The van der Waals surface area contributed by atoms with E-state index in [-0.39, 0.29) is 36.7 Å². The zero-order valence-electron chi connectivity index (χ0n) is 18.8. The summed E-state index contributed by atoms with van der Waals surface area (Å²) < 4.78 is 5.55. The average molecular weight is 451 g/mol. The molecule has 174 valence electrons. The molecule has 0 radical (unpaired) electrons. The maximum atomic E-state index is 12.3. The molecule has 1 fully saturated rings. The molecule has 2 aromatic rings. The number of nitrogens with one attached hydrogen (secondary N) is 1. The van der Waals surface area contributed by atoms with Crippen LogP contribution >= 0.6 is 0 Å². The van der Waals surface area contributed by atoms with Gasteiger partial charge in [0.05, 0.1) is 6.42 Å². The van der Waals surface area contributed by atoms with E-state index in [1.54, 1.807) is 4.90 Å². The number of carbonyl (C=O) groups is 3. The highest BCUT2D eigenvalue weighted by Crippen LogP contribution is 2.44. The summed E-state index contributed by atoms with van der Waals surface area (Å²) in [6.07, 6.45) is 0.717. The number of rotatable bonds is 9. The van der Waals surface area contributed by atoms with Gasteiger partial charge < -0.3 is 20.1 Å². The fourth-order valence-electron chi connectivity index (χ4n) is 4.69. The van der Waals surface area contributed by atoms with Crippen LogP contribution in [0.1, 0.15) is 43.2 Å². The van der Waals surface area contributed by atoms with Crippen molar-refractivity contribution in [3.8, 4) is 11.1 Å². The molecular formula is C26H30N2O5. The van der Waals surface area contributed by atoms with Gasteiger partial charge in [-0.2, -0.15) is 0 Å². The first-order valence-electron chi connectivity index (χ1n) is 11.5. The van der Waals surface area contributed by atoms with E-state index in [1.165, 1.54) is 22.3 Å². The first kappa shape index (κ1) is 22.8. The third-order valence-electron chi connectivity index (χ3n) is 6.56. The Morgan fingerprint density at radius 3 is 2.27 bits per heavy atom. The number of amides is 2. The summed E-state index contributed by atoms with van der Waals surface area (Å²) in [6, 6.07) is 16.4. The Kier molecular flexibility index (Phi) is 6.96. The van der Waals surface area contributed by atoms with E-state index in [0.717, 1.165) is 0 Å². The number of aliphatic carboxylic acids is 1. The van der Waals surface area contributed by atoms with Gasteiger partial charge in [-0.15, -0.1) is 0 Å². The minimum atomic E-state index is -0.819. The fourth-order valence-corrected chi connectivity index (χ4v) is 4.69. The maximum Gasteiger partial charge on any atom is 0.407 e. The summed E-state index contributed by atoms with van der Waals surface area (Å²) in [7, 11) is 0. The number of hydrogen-bond acceptors (Lipinski definition) is 4. The number of likely N-dealkylation sites (tertiary alicyclic amines) is 1. The zero-order chi connectivity index (χ0) is 23.4. The lowest BCUT2D eigenvalue weighted by Gasteiger charge is -2.38. The van der Waals surface area contributed by atoms with Crippen LogP contribution in [-0.4, -0.2) is 54.2 Å². The summed E-state index contributed by atoms with van der Waals surface area (Å²) in [5, 5.41) is 11.6. The van der Waals surface area contributed by atoms with Crippen molar-refractivity contribution in [2.75, 3.05) is 26.2 Å². The van der Waals surface area contributed by atoms with Crippen LogP contribution in [-0.2, 0) is 14.3 Å². The summed E-state index contributed by atoms with van der Waals surface area (Å²) in [5.74, 6) is -0.547. The Balaban J connectivity index is 1.18. The van der Waals surface area contributed by atoms with Crippen molar-refractivity contribution in [2.45, 2.75) is 32.1 Å². The average Bonchev–Trinajstić information content (AvgIpc) is 3.10. The number of fused-ring (bicyclic) bond motifs is 3. The van der Waals surface area contributed by atoms with Crippen molar-refractivity contribution in [3.63, 3.8) is 0 Å². The highest BCUT2D eigenvalue weighted by atomic mass is 16.5. The van der Waals surface area contributed by atoms with E-state index in [9.17, 15) is 14.4 Å². The van der Waals surface area contributed by atoms with Crippen LogP contribution in [0.15, 0.2) is 48.5 Å². The monoisotopic (exact) mass is 450 g/mol. The van der Waals surface area contributed by atoms with Gasteiger partial charge in [0.2, 0.25) is 5.91 Å².